The normalized spacial score (nSPS) is 19.9. The van der Waals surface area contributed by atoms with Gasteiger partial charge >= 0.3 is 7.12 Å². The Balaban J connectivity index is 2.14. The molecule has 16 heavy (non-hydrogen) atoms. The van der Waals surface area contributed by atoms with Gasteiger partial charge in [-0.3, -0.25) is 0 Å². The Hall–Kier alpha value is -1.01. The number of rotatable bonds is 1. The summed E-state index contributed by atoms with van der Waals surface area (Å²) in [5.41, 5.74) is 0.0531. The van der Waals surface area contributed by atoms with Gasteiger partial charge in [0.1, 0.15) is 0 Å². The molecule has 1 aromatic rings. The number of hydrogen-bond acceptors (Lipinski definition) is 3. The smallest absolute Gasteiger partial charge is 0.407 e. The van der Waals surface area contributed by atoms with Crippen LogP contribution in [0.1, 0.15) is 13.8 Å². The lowest BCUT2D eigenvalue weighted by molar-refractivity contribution is 0.0339. The van der Waals surface area contributed by atoms with Crippen molar-refractivity contribution in [3.05, 3.63) is 24.0 Å². The Morgan fingerprint density at radius 1 is 1.25 bits per heavy atom. The molecule has 0 spiro atoms. The molecule has 2 heterocycles. The van der Waals surface area contributed by atoms with Gasteiger partial charge in [0.15, 0.2) is 0 Å². The molecule has 0 bridgehead atoms. The van der Waals surface area contributed by atoms with Crippen LogP contribution in [0.25, 0.3) is 0 Å². The van der Waals surface area contributed by atoms with Gasteiger partial charge < -0.3 is 9.31 Å². The lowest BCUT2D eigenvalue weighted by Crippen LogP contribution is -2.48. The van der Waals surface area contributed by atoms with Gasteiger partial charge in [0.25, 0.3) is 0 Å². The summed E-state index contributed by atoms with van der Waals surface area (Å²) in [6.45, 7) is 4.91. The molecule has 1 aliphatic heterocycles. The van der Waals surface area contributed by atoms with Crippen LogP contribution in [0, 0.1) is 17.3 Å². The quantitative estimate of drug-likeness (QED) is 0.532. The second-order valence-electron chi connectivity index (χ2n) is 4.63. The molecule has 0 saturated carbocycles. The first kappa shape index (κ1) is 11.5. The van der Waals surface area contributed by atoms with E-state index in [1.54, 1.807) is 0 Å². The summed E-state index contributed by atoms with van der Waals surface area (Å²) in [6, 6.07) is 2.38. The van der Waals surface area contributed by atoms with Crippen LogP contribution < -0.4 is 5.46 Å². The summed E-state index contributed by atoms with van der Waals surface area (Å²) in [5.74, 6) is -1.73. The first-order chi connectivity index (χ1) is 7.48. The molecule has 0 unspecified atom stereocenters. The molecule has 86 valence electrons. The highest BCUT2D eigenvalue weighted by molar-refractivity contribution is 6.61. The van der Waals surface area contributed by atoms with E-state index in [9.17, 15) is 8.78 Å². The minimum Gasteiger partial charge on any atom is -0.407 e. The Morgan fingerprint density at radius 2 is 1.88 bits per heavy atom. The van der Waals surface area contributed by atoms with E-state index in [4.69, 9.17) is 9.31 Å². The molecule has 2 rings (SSSR count). The van der Waals surface area contributed by atoms with Crippen molar-refractivity contribution in [3.63, 3.8) is 0 Å². The maximum absolute atomic E-state index is 13.3. The van der Waals surface area contributed by atoms with Gasteiger partial charge in [-0.1, -0.05) is 19.9 Å². The summed E-state index contributed by atoms with van der Waals surface area (Å²) < 4.78 is 36.7. The molecule has 1 fully saturated rings. The highest BCUT2D eigenvalue weighted by atomic mass is 19.1. The summed E-state index contributed by atoms with van der Waals surface area (Å²) in [4.78, 5) is 3.09. The van der Waals surface area contributed by atoms with E-state index in [2.05, 4.69) is 4.98 Å². The number of hydrogen-bond donors (Lipinski definition) is 0. The van der Waals surface area contributed by atoms with E-state index >= 15 is 0 Å². The fraction of sp³-hybridized carbons (Fsp3) is 0.500. The first-order valence-corrected chi connectivity index (χ1v) is 5.03. The maximum Gasteiger partial charge on any atom is 0.498 e. The van der Waals surface area contributed by atoms with Crippen molar-refractivity contribution in [1.82, 2.24) is 4.98 Å². The molecule has 6 heteroatoms. The molecule has 0 aliphatic carbocycles. The van der Waals surface area contributed by atoms with E-state index in [1.165, 1.54) is 6.07 Å². The number of pyridine rings is 1. The van der Waals surface area contributed by atoms with Crippen molar-refractivity contribution >= 4 is 12.6 Å². The third-order valence-electron chi connectivity index (χ3n) is 2.35. The average molecular weight is 227 g/mol. The van der Waals surface area contributed by atoms with Crippen molar-refractivity contribution in [2.75, 3.05) is 13.2 Å². The second kappa shape index (κ2) is 4.10. The number of aromatic nitrogens is 1. The molecular weight excluding hydrogens is 215 g/mol. The SMILES string of the molecule is CC1(C)COB(c2ccc(F)nc2F)OC1. The Labute approximate surface area is 92.9 Å². The summed E-state index contributed by atoms with van der Waals surface area (Å²) >= 11 is 0. The molecule has 0 amide bonds. The predicted molar refractivity (Wildman–Crippen MR) is 55.2 cm³/mol. The van der Waals surface area contributed by atoms with Crippen LogP contribution in [0.15, 0.2) is 12.1 Å². The molecule has 1 saturated heterocycles. The highest BCUT2D eigenvalue weighted by Gasteiger charge is 2.35. The van der Waals surface area contributed by atoms with Crippen LogP contribution >= 0.6 is 0 Å². The molecule has 0 aromatic carbocycles. The van der Waals surface area contributed by atoms with Gasteiger partial charge in [-0.15, -0.1) is 0 Å². The van der Waals surface area contributed by atoms with Crippen molar-refractivity contribution in [1.29, 1.82) is 0 Å². The third kappa shape index (κ3) is 2.39. The fourth-order valence-corrected chi connectivity index (χ4v) is 1.47. The Kier molecular flexibility index (Phi) is 2.94. The van der Waals surface area contributed by atoms with E-state index in [1.807, 2.05) is 13.8 Å². The monoisotopic (exact) mass is 227 g/mol. The first-order valence-electron chi connectivity index (χ1n) is 5.03. The minimum absolute atomic E-state index is 0.0829. The van der Waals surface area contributed by atoms with Crippen molar-refractivity contribution in [2.45, 2.75) is 13.8 Å². The van der Waals surface area contributed by atoms with Crippen molar-refractivity contribution in [2.24, 2.45) is 5.41 Å². The Morgan fingerprint density at radius 3 is 2.44 bits per heavy atom. The lowest BCUT2D eigenvalue weighted by atomic mass is 9.76. The summed E-state index contributed by atoms with van der Waals surface area (Å²) in [6.07, 6.45) is 0. The van der Waals surface area contributed by atoms with Gasteiger partial charge in [-0.2, -0.15) is 13.8 Å². The lowest BCUT2D eigenvalue weighted by Gasteiger charge is -2.33. The van der Waals surface area contributed by atoms with Gasteiger partial charge in [-0.25, -0.2) is 0 Å². The van der Waals surface area contributed by atoms with Crippen molar-refractivity contribution in [3.8, 4) is 0 Å². The number of nitrogens with zero attached hydrogens (tertiary/aromatic N) is 1. The molecule has 1 aliphatic rings. The zero-order valence-corrected chi connectivity index (χ0v) is 9.17. The van der Waals surface area contributed by atoms with Crippen LogP contribution in [0.3, 0.4) is 0 Å². The highest BCUT2D eigenvalue weighted by Crippen LogP contribution is 2.21. The standard InChI is InChI=1S/C10H12BF2NO2/c1-10(2)5-15-11(16-6-10)7-3-4-8(12)14-9(7)13/h3-4H,5-6H2,1-2H3. The molecular formula is C10H12BF2NO2. The van der Waals surface area contributed by atoms with Crippen LogP contribution in [0.5, 0.6) is 0 Å². The van der Waals surface area contributed by atoms with E-state index in [0.717, 1.165) is 6.07 Å². The van der Waals surface area contributed by atoms with E-state index in [0.29, 0.717) is 13.2 Å². The predicted octanol–water partition coefficient (Wildman–Crippen LogP) is 1.13. The van der Waals surface area contributed by atoms with Crippen LogP contribution in [0.2, 0.25) is 0 Å². The van der Waals surface area contributed by atoms with Crippen LogP contribution in [-0.4, -0.2) is 25.3 Å². The second-order valence-corrected chi connectivity index (χ2v) is 4.63. The van der Waals surface area contributed by atoms with Gasteiger partial charge in [0.05, 0.1) is 0 Å². The topological polar surface area (TPSA) is 31.4 Å². The molecule has 0 N–H and O–H groups in total. The maximum atomic E-state index is 13.3. The minimum atomic E-state index is -0.885. The summed E-state index contributed by atoms with van der Waals surface area (Å²) in [7, 11) is -0.791. The molecule has 0 atom stereocenters. The fourth-order valence-electron chi connectivity index (χ4n) is 1.47. The van der Waals surface area contributed by atoms with Gasteiger partial charge in [-0.05, 0) is 6.07 Å². The van der Waals surface area contributed by atoms with E-state index in [-0.39, 0.29) is 10.9 Å². The van der Waals surface area contributed by atoms with Crippen LogP contribution in [0.4, 0.5) is 8.78 Å². The third-order valence-corrected chi connectivity index (χ3v) is 2.35. The average Bonchev–Trinajstić information content (AvgIpc) is 2.19. The van der Waals surface area contributed by atoms with Gasteiger partial charge in [0.2, 0.25) is 11.9 Å². The zero-order chi connectivity index (χ0) is 11.8. The van der Waals surface area contributed by atoms with Gasteiger partial charge in [0, 0.05) is 24.1 Å². The van der Waals surface area contributed by atoms with Crippen molar-refractivity contribution < 1.29 is 18.1 Å². The Bertz CT molecular complexity index is 390. The largest absolute Gasteiger partial charge is 0.498 e. The zero-order valence-electron chi connectivity index (χ0n) is 9.17. The molecule has 1 aromatic heterocycles. The molecule has 3 nitrogen and oxygen atoms in total. The summed E-state index contributed by atoms with van der Waals surface area (Å²) in [5, 5.41) is 0. The number of halogens is 2. The van der Waals surface area contributed by atoms with Crippen LogP contribution in [-0.2, 0) is 9.31 Å². The van der Waals surface area contributed by atoms with E-state index < -0.39 is 19.0 Å². The molecule has 0 radical (unpaired) electrons.